The Morgan fingerprint density at radius 1 is 1.04 bits per heavy atom. The molecule has 2 heterocycles. The second kappa shape index (κ2) is 6.90. The van der Waals surface area contributed by atoms with Crippen LogP contribution in [0.4, 0.5) is 11.4 Å². The molecule has 140 valence electrons. The summed E-state index contributed by atoms with van der Waals surface area (Å²) in [5, 5.41) is 0. The van der Waals surface area contributed by atoms with Crippen molar-refractivity contribution in [2.24, 2.45) is 0 Å². The number of rotatable bonds is 4. The van der Waals surface area contributed by atoms with E-state index in [0.29, 0.717) is 0 Å². The highest BCUT2D eigenvalue weighted by atomic mass is 16.5. The van der Waals surface area contributed by atoms with Crippen LogP contribution < -0.4 is 9.80 Å². The number of para-hydroxylation sites is 1. The van der Waals surface area contributed by atoms with Crippen molar-refractivity contribution in [2.75, 3.05) is 23.9 Å². The van der Waals surface area contributed by atoms with Gasteiger partial charge in [0.2, 0.25) is 0 Å². The summed E-state index contributed by atoms with van der Waals surface area (Å²) >= 11 is 0. The molecular formula is C24H28N2O. The topological polar surface area (TPSA) is 15.7 Å². The molecule has 0 aromatic heterocycles. The van der Waals surface area contributed by atoms with Crippen molar-refractivity contribution in [3.8, 4) is 0 Å². The Labute approximate surface area is 162 Å². The van der Waals surface area contributed by atoms with Crippen molar-refractivity contribution in [1.29, 1.82) is 0 Å². The number of nitrogens with zero attached hydrogens (tertiary/aromatic N) is 2. The van der Waals surface area contributed by atoms with Gasteiger partial charge in [-0.1, -0.05) is 54.6 Å². The third-order valence-electron chi connectivity index (χ3n) is 5.65. The molecule has 1 saturated heterocycles. The zero-order valence-corrected chi connectivity index (χ0v) is 16.6. The minimum Gasteiger partial charge on any atom is -0.378 e. The van der Waals surface area contributed by atoms with Gasteiger partial charge < -0.3 is 14.5 Å². The summed E-state index contributed by atoms with van der Waals surface area (Å²) in [5.41, 5.74) is 5.06. The van der Waals surface area contributed by atoms with Gasteiger partial charge in [0.15, 0.2) is 0 Å². The number of allylic oxidation sites excluding steroid dienone is 2. The molecule has 2 unspecified atom stereocenters. The molecule has 2 aromatic carbocycles. The van der Waals surface area contributed by atoms with Crippen molar-refractivity contribution >= 4 is 17.5 Å². The minimum absolute atomic E-state index is 0.0605. The lowest BCUT2D eigenvalue weighted by Crippen LogP contribution is -2.45. The molecule has 27 heavy (non-hydrogen) atoms. The van der Waals surface area contributed by atoms with Crippen LogP contribution in [-0.2, 0) is 11.2 Å². The van der Waals surface area contributed by atoms with E-state index in [0.717, 1.165) is 6.42 Å². The highest BCUT2D eigenvalue weighted by molar-refractivity contribution is 5.62. The molecule has 0 bridgehead atoms. The van der Waals surface area contributed by atoms with Gasteiger partial charge in [-0.3, -0.25) is 0 Å². The van der Waals surface area contributed by atoms with E-state index in [1.165, 1.54) is 22.5 Å². The van der Waals surface area contributed by atoms with Crippen molar-refractivity contribution in [2.45, 2.75) is 38.1 Å². The number of anilines is 2. The van der Waals surface area contributed by atoms with Crippen molar-refractivity contribution < 1.29 is 4.74 Å². The van der Waals surface area contributed by atoms with Gasteiger partial charge in [0.25, 0.3) is 0 Å². The second-order valence-electron chi connectivity index (χ2n) is 8.10. The Bertz CT molecular complexity index is 864. The van der Waals surface area contributed by atoms with Crippen molar-refractivity contribution in [3.05, 3.63) is 77.9 Å². The van der Waals surface area contributed by atoms with Crippen LogP contribution in [0, 0.1) is 0 Å². The predicted octanol–water partition coefficient (Wildman–Crippen LogP) is 4.89. The van der Waals surface area contributed by atoms with Crippen LogP contribution in [0.1, 0.15) is 25.0 Å². The van der Waals surface area contributed by atoms with Gasteiger partial charge in [-0.25, -0.2) is 0 Å². The van der Waals surface area contributed by atoms with Gasteiger partial charge >= 0.3 is 0 Å². The largest absolute Gasteiger partial charge is 0.378 e. The first-order chi connectivity index (χ1) is 13.0. The van der Waals surface area contributed by atoms with Crippen LogP contribution in [0.5, 0.6) is 0 Å². The predicted molar refractivity (Wildman–Crippen MR) is 114 cm³/mol. The minimum atomic E-state index is -0.0605. The van der Waals surface area contributed by atoms with Gasteiger partial charge in [0.05, 0.1) is 5.54 Å². The SMILES string of the molecule is CN(C)c1ccc(C=CC=CC2OC3Cc4ccccc4N3C2(C)C)cc1. The van der Waals surface area contributed by atoms with Crippen LogP contribution in [0.2, 0.25) is 0 Å². The number of fused-ring (bicyclic) bond motifs is 3. The molecule has 0 radical (unpaired) electrons. The van der Waals surface area contributed by atoms with Gasteiger partial charge in [-0.05, 0) is 43.2 Å². The van der Waals surface area contributed by atoms with E-state index in [2.05, 4.69) is 111 Å². The van der Waals surface area contributed by atoms with E-state index in [1.54, 1.807) is 0 Å². The van der Waals surface area contributed by atoms with Crippen LogP contribution in [-0.4, -0.2) is 32.0 Å². The Hall–Kier alpha value is -2.52. The molecule has 0 saturated carbocycles. The summed E-state index contributed by atoms with van der Waals surface area (Å²) in [6.45, 7) is 4.54. The lowest BCUT2D eigenvalue weighted by Gasteiger charge is -2.34. The van der Waals surface area contributed by atoms with Crippen molar-refractivity contribution in [1.82, 2.24) is 0 Å². The number of benzene rings is 2. The normalized spacial score (nSPS) is 23.2. The lowest BCUT2D eigenvalue weighted by molar-refractivity contribution is 0.0648. The van der Waals surface area contributed by atoms with E-state index < -0.39 is 0 Å². The summed E-state index contributed by atoms with van der Waals surface area (Å²) in [6.07, 6.45) is 9.73. The van der Waals surface area contributed by atoms with Gasteiger partial charge in [0, 0.05) is 31.9 Å². The van der Waals surface area contributed by atoms with Crippen LogP contribution in [0.25, 0.3) is 6.08 Å². The molecule has 4 rings (SSSR count). The lowest BCUT2D eigenvalue weighted by atomic mass is 9.95. The smallest absolute Gasteiger partial charge is 0.135 e. The molecule has 2 aliphatic rings. The Morgan fingerprint density at radius 3 is 2.52 bits per heavy atom. The molecule has 2 aliphatic heterocycles. The fraction of sp³-hybridized carbons (Fsp3) is 0.333. The molecule has 2 atom stereocenters. The number of hydrogen-bond acceptors (Lipinski definition) is 3. The molecular weight excluding hydrogens is 332 g/mol. The van der Waals surface area contributed by atoms with E-state index in [-0.39, 0.29) is 17.9 Å². The summed E-state index contributed by atoms with van der Waals surface area (Å²) < 4.78 is 6.38. The summed E-state index contributed by atoms with van der Waals surface area (Å²) in [5.74, 6) is 0. The molecule has 0 spiro atoms. The summed E-state index contributed by atoms with van der Waals surface area (Å²) in [6, 6.07) is 17.2. The molecule has 1 fully saturated rings. The fourth-order valence-corrected chi connectivity index (χ4v) is 4.11. The van der Waals surface area contributed by atoms with Crippen molar-refractivity contribution in [3.63, 3.8) is 0 Å². The van der Waals surface area contributed by atoms with Crippen LogP contribution >= 0.6 is 0 Å². The number of hydrogen-bond donors (Lipinski definition) is 0. The third-order valence-corrected chi connectivity index (χ3v) is 5.65. The first-order valence-corrected chi connectivity index (χ1v) is 9.62. The average Bonchev–Trinajstić information content (AvgIpc) is 3.13. The Balaban J connectivity index is 1.44. The monoisotopic (exact) mass is 360 g/mol. The maximum absolute atomic E-state index is 6.38. The van der Waals surface area contributed by atoms with Crippen LogP contribution in [0.3, 0.4) is 0 Å². The summed E-state index contributed by atoms with van der Waals surface area (Å²) in [7, 11) is 4.11. The maximum atomic E-state index is 6.38. The highest BCUT2D eigenvalue weighted by Gasteiger charge is 2.50. The second-order valence-corrected chi connectivity index (χ2v) is 8.10. The van der Waals surface area contributed by atoms with E-state index in [4.69, 9.17) is 4.74 Å². The molecule has 3 nitrogen and oxygen atoms in total. The third kappa shape index (κ3) is 3.28. The standard InChI is InChI=1S/C24H28N2O/c1-24(2)22(27-23-17-19-10-6-7-11-21(19)26(23)24)12-8-5-9-18-13-15-20(16-14-18)25(3)4/h5-16,22-23H,17H2,1-4H3. The highest BCUT2D eigenvalue weighted by Crippen LogP contribution is 2.45. The van der Waals surface area contributed by atoms with Gasteiger partial charge in [0.1, 0.15) is 12.3 Å². The molecule has 2 aromatic rings. The molecule has 0 amide bonds. The average molecular weight is 361 g/mol. The quantitative estimate of drug-likeness (QED) is 0.722. The molecule has 3 heteroatoms. The zero-order chi connectivity index (χ0) is 19.0. The maximum Gasteiger partial charge on any atom is 0.135 e. The number of ether oxygens (including phenoxy) is 1. The fourth-order valence-electron chi connectivity index (χ4n) is 4.11. The van der Waals surface area contributed by atoms with Gasteiger partial charge in [-0.2, -0.15) is 0 Å². The van der Waals surface area contributed by atoms with Gasteiger partial charge in [-0.15, -0.1) is 0 Å². The summed E-state index contributed by atoms with van der Waals surface area (Å²) in [4.78, 5) is 4.55. The first kappa shape index (κ1) is 17.9. The first-order valence-electron chi connectivity index (χ1n) is 9.62. The van der Waals surface area contributed by atoms with E-state index in [1.807, 2.05) is 0 Å². The van der Waals surface area contributed by atoms with E-state index in [9.17, 15) is 0 Å². The molecule has 0 N–H and O–H groups in total. The Kier molecular flexibility index (Phi) is 4.56. The zero-order valence-electron chi connectivity index (χ0n) is 16.6. The molecule has 0 aliphatic carbocycles. The van der Waals surface area contributed by atoms with E-state index >= 15 is 0 Å². The van der Waals surface area contributed by atoms with Crippen LogP contribution in [0.15, 0.2) is 66.8 Å². The Morgan fingerprint density at radius 2 is 1.78 bits per heavy atom.